The summed E-state index contributed by atoms with van der Waals surface area (Å²) in [4.78, 5) is 26.3. The van der Waals surface area contributed by atoms with Gasteiger partial charge in [-0.3, -0.25) is 9.59 Å². The lowest BCUT2D eigenvalue weighted by Gasteiger charge is -2.14. The zero-order chi connectivity index (χ0) is 21.5. The van der Waals surface area contributed by atoms with Crippen LogP contribution < -0.4 is 5.43 Å². The molecule has 0 aliphatic carbocycles. The number of carbonyl (C=O) groups is 1. The third-order valence-corrected chi connectivity index (χ3v) is 6.67. The number of aryl methyl sites for hydroxylation is 2. The Morgan fingerprint density at radius 2 is 1.47 bits per heavy atom. The predicted octanol–water partition coefficient (Wildman–Crippen LogP) is 4.09. The molecule has 150 valence electrons. The van der Waals surface area contributed by atoms with Crippen LogP contribution in [0.5, 0.6) is 0 Å². The quantitative estimate of drug-likeness (QED) is 0.469. The monoisotopic (exact) mass is 417 g/mol. The lowest BCUT2D eigenvalue weighted by atomic mass is 10.0. The van der Waals surface area contributed by atoms with E-state index in [1.165, 1.54) is 12.1 Å². The molecular formula is C24H19NO4S. The summed E-state index contributed by atoms with van der Waals surface area (Å²) in [7, 11) is -4.02. The highest BCUT2D eigenvalue weighted by Gasteiger charge is 2.23. The van der Waals surface area contributed by atoms with Crippen molar-refractivity contribution in [1.82, 2.24) is 3.97 Å². The van der Waals surface area contributed by atoms with Crippen LogP contribution in [0.15, 0.2) is 88.7 Å². The number of carbonyl (C=O) groups excluding carboxylic acids is 1. The summed E-state index contributed by atoms with van der Waals surface area (Å²) >= 11 is 0. The van der Waals surface area contributed by atoms with E-state index >= 15 is 0 Å². The minimum Gasteiger partial charge on any atom is -0.288 e. The Kier molecular flexibility index (Phi) is 4.87. The standard InChI is InChI=1S/C24H19NO4S/c1-16-8-11-19(12-9-16)30(28,29)25-15-21(23(26)18-6-4-3-5-7-18)24(27)20-14-17(2)10-13-22(20)25/h3-15H,1-2H3. The van der Waals surface area contributed by atoms with Crippen LogP contribution in [0.2, 0.25) is 0 Å². The van der Waals surface area contributed by atoms with E-state index in [9.17, 15) is 18.0 Å². The first-order chi connectivity index (χ1) is 14.3. The van der Waals surface area contributed by atoms with Crippen molar-refractivity contribution in [3.63, 3.8) is 0 Å². The molecule has 0 bridgehead atoms. The van der Waals surface area contributed by atoms with Gasteiger partial charge in [0.2, 0.25) is 5.43 Å². The van der Waals surface area contributed by atoms with E-state index in [0.29, 0.717) is 5.56 Å². The number of hydrogen-bond donors (Lipinski definition) is 0. The zero-order valence-electron chi connectivity index (χ0n) is 16.5. The van der Waals surface area contributed by atoms with Crippen LogP contribution >= 0.6 is 0 Å². The summed E-state index contributed by atoms with van der Waals surface area (Å²) < 4.78 is 27.9. The Morgan fingerprint density at radius 3 is 2.13 bits per heavy atom. The first-order valence-electron chi connectivity index (χ1n) is 9.37. The fourth-order valence-corrected chi connectivity index (χ4v) is 4.71. The number of aromatic nitrogens is 1. The molecule has 0 fully saturated rings. The van der Waals surface area contributed by atoms with Crippen LogP contribution in [-0.2, 0) is 10.0 Å². The van der Waals surface area contributed by atoms with Crippen molar-refractivity contribution < 1.29 is 13.2 Å². The molecule has 0 saturated carbocycles. The molecule has 0 N–H and O–H groups in total. The van der Waals surface area contributed by atoms with Gasteiger partial charge in [0.15, 0.2) is 5.78 Å². The molecule has 1 aromatic heterocycles. The maximum atomic E-state index is 13.4. The van der Waals surface area contributed by atoms with E-state index in [4.69, 9.17) is 0 Å². The van der Waals surface area contributed by atoms with Crippen molar-refractivity contribution in [2.24, 2.45) is 0 Å². The van der Waals surface area contributed by atoms with Crippen LogP contribution in [0.3, 0.4) is 0 Å². The molecule has 5 nitrogen and oxygen atoms in total. The molecular weight excluding hydrogens is 398 g/mol. The topological polar surface area (TPSA) is 73.2 Å². The highest BCUT2D eigenvalue weighted by atomic mass is 32.2. The molecule has 0 spiro atoms. The van der Waals surface area contributed by atoms with Crippen LogP contribution in [0, 0.1) is 13.8 Å². The van der Waals surface area contributed by atoms with Gasteiger partial charge < -0.3 is 0 Å². The highest BCUT2D eigenvalue weighted by Crippen LogP contribution is 2.22. The average molecular weight is 417 g/mol. The van der Waals surface area contributed by atoms with Crippen LogP contribution in [0.4, 0.5) is 0 Å². The first kappa shape index (κ1) is 19.8. The third kappa shape index (κ3) is 3.35. The van der Waals surface area contributed by atoms with Crippen molar-refractivity contribution in [2.45, 2.75) is 18.7 Å². The molecule has 0 aliphatic rings. The van der Waals surface area contributed by atoms with Gasteiger partial charge in [0.05, 0.1) is 16.0 Å². The summed E-state index contributed by atoms with van der Waals surface area (Å²) in [5, 5.41) is 0.187. The molecule has 6 heteroatoms. The van der Waals surface area contributed by atoms with Gasteiger partial charge in [0.1, 0.15) is 0 Å². The summed E-state index contributed by atoms with van der Waals surface area (Å²) in [6.07, 6.45) is 1.14. The van der Waals surface area contributed by atoms with E-state index in [-0.39, 0.29) is 21.4 Å². The minimum atomic E-state index is -4.02. The number of fused-ring (bicyclic) bond motifs is 1. The minimum absolute atomic E-state index is 0.0803. The molecule has 4 aromatic rings. The van der Waals surface area contributed by atoms with Crippen LogP contribution in [-0.4, -0.2) is 18.2 Å². The van der Waals surface area contributed by atoms with Gasteiger partial charge in [0.25, 0.3) is 10.0 Å². The summed E-state index contributed by atoms with van der Waals surface area (Å²) in [6, 6.07) is 19.7. The average Bonchev–Trinajstić information content (AvgIpc) is 2.74. The Balaban J connectivity index is 2.05. The molecule has 0 saturated heterocycles. The first-order valence-corrected chi connectivity index (χ1v) is 10.8. The third-order valence-electron chi connectivity index (χ3n) is 4.98. The number of rotatable bonds is 4. The van der Waals surface area contributed by atoms with E-state index in [1.54, 1.807) is 60.7 Å². The number of pyridine rings is 1. The second-order valence-electron chi connectivity index (χ2n) is 7.20. The second kappa shape index (κ2) is 7.39. The Labute approximate surface area is 174 Å². The molecule has 3 aromatic carbocycles. The largest absolute Gasteiger partial charge is 0.288 e. The predicted molar refractivity (Wildman–Crippen MR) is 117 cm³/mol. The van der Waals surface area contributed by atoms with Crippen molar-refractivity contribution in [3.8, 4) is 0 Å². The second-order valence-corrected chi connectivity index (χ2v) is 9.02. The molecule has 0 radical (unpaired) electrons. The number of ketones is 1. The molecule has 1 heterocycles. The molecule has 0 atom stereocenters. The van der Waals surface area contributed by atoms with Crippen LogP contribution in [0.1, 0.15) is 27.0 Å². The normalized spacial score (nSPS) is 11.5. The molecule has 0 unspecified atom stereocenters. The van der Waals surface area contributed by atoms with Crippen molar-refractivity contribution in [3.05, 3.63) is 111 Å². The maximum Gasteiger partial charge on any atom is 0.268 e. The summed E-state index contributed by atoms with van der Waals surface area (Å²) in [6.45, 7) is 3.67. The highest BCUT2D eigenvalue weighted by molar-refractivity contribution is 7.90. The molecule has 0 amide bonds. The number of benzene rings is 3. The van der Waals surface area contributed by atoms with Crippen molar-refractivity contribution >= 4 is 26.7 Å². The van der Waals surface area contributed by atoms with Gasteiger partial charge >= 0.3 is 0 Å². The molecule has 4 rings (SSSR count). The number of hydrogen-bond acceptors (Lipinski definition) is 4. The molecule has 30 heavy (non-hydrogen) atoms. The Bertz CT molecular complexity index is 1430. The van der Waals surface area contributed by atoms with Gasteiger partial charge in [-0.15, -0.1) is 0 Å². The van der Waals surface area contributed by atoms with Crippen molar-refractivity contribution in [2.75, 3.05) is 0 Å². The smallest absolute Gasteiger partial charge is 0.268 e. The van der Waals surface area contributed by atoms with Gasteiger partial charge in [-0.2, -0.15) is 0 Å². The van der Waals surface area contributed by atoms with Crippen LogP contribution in [0.25, 0.3) is 10.9 Å². The fraction of sp³-hybridized carbons (Fsp3) is 0.0833. The van der Waals surface area contributed by atoms with E-state index < -0.39 is 21.2 Å². The van der Waals surface area contributed by atoms with E-state index in [0.717, 1.165) is 21.3 Å². The summed E-state index contributed by atoms with van der Waals surface area (Å²) in [5.74, 6) is -0.517. The SMILES string of the molecule is Cc1ccc(S(=O)(=O)n2cc(C(=O)c3ccccc3)c(=O)c3cc(C)ccc32)cc1. The lowest BCUT2D eigenvalue weighted by Crippen LogP contribution is -2.23. The Hall–Kier alpha value is -3.51. The van der Waals surface area contributed by atoms with Gasteiger partial charge in [-0.05, 0) is 38.1 Å². The van der Waals surface area contributed by atoms with Gasteiger partial charge in [0, 0.05) is 17.1 Å². The van der Waals surface area contributed by atoms with Crippen molar-refractivity contribution in [1.29, 1.82) is 0 Å². The maximum absolute atomic E-state index is 13.4. The van der Waals surface area contributed by atoms with E-state index in [2.05, 4.69) is 0 Å². The fourth-order valence-electron chi connectivity index (χ4n) is 3.34. The van der Waals surface area contributed by atoms with E-state index in [1.807, 2.05) is 13.8 Å². The molecule has 0 aliphatic heterocycles. The van der Waals surface area contributed by atoms with Gasteiger partial charge in [-0.1, -0.05) is 59.7 Å². The zero-order valence-corrected chi connectivity index (χ0v) is 17.3. The lowest BCUT2D eigenvalue weighted by molar-refractivity contribution is 0.103. The Morgan fingerprint density at radius 1 is 0.833 bits per heavy atom. The summed E-state index contributed by atoms with van der Waals surface area (Å²) in [5.41, 5.74) is 1.60. The van der Waals surface area contributed by atoms with Gasteiger partial charge in [-0.25, -0.2) is 12.4 Å². The number of nitrogens with zero attached hydrogens (tertiary/aromatic N) is 1.